The molecule has 1 nitrogen and oxygen atoms in total. The molecule has 2 heteroatoms. The van der Waals surface area contributed by atoms with Gasteiger partial charge in [-0.25, -0.2) is 0 Å². The molecule has 8 aromatic carbocycles. The second-order valence-corrected chi connectivity index (χ2v) is 12.8. The molecule has 0 aromatic heterocycles. The predicted octanol–water partition coefficient (Wildman–Crippen LogP) is 9.59. The molecule has 11 rings (SSSR count). The molecule has 0 bridgehead atoms. The van der Waals surface area contributed by atoms with Crippen molar-refractivity contribution in [3.63, 3.8) is 0 Å². The van der Waals surface area contributed by atoms with Crippen LogP contribution in [0.5, 0.6) is 0 Å². The fourth-order valence-corrected chi connectivity index (χ4v) is 8.80. The van der Waals surface area contributed by atoms with Crippen LogP contribution in [-0.4, -0.2) is 6.71 Å². The molecule has 8 aromatic rings. The van der Waals surface area contributed by atoms with Crippen LogP contribution in [0.4, 0.5) is 17.1 Å². The van der Waals surface area contributed by atoms with Crippen molar-refractivity contribution in [1.82, 2.24) is 0 Å². The highest BCUT2D eigenvalue weighted by Crippen LogP contribution is 2.59. The number of para-hydroxylation sites is 1. The van der Waals surface area contributed by atoms with Crippen molar-refractivity contribution in [2.75, 3.05) is 4.90 Å². The molecule has 210 valence electrons. The maximum absolute atomic E-state index is 2.64. The second kappa shape index (κ2) is 8.87. The first-order valence-electron chi connectivity index (χ1n) is 16.2. The number of fused-ring (bicyclic) bond motifs is 2. The third-order valence-electron chi connectivity index (χ3n) is 10.6. The highest BCUT2D eigenvalue weighted by Gasteiger charge is 2.44. The predicted molar refractivity (Wildman–Crippen MR) is 196 cm³/mol. The molecule has 0 aliphatic carbocycles. The van der Waals surface area contributed by atoms with Gasteiger partial charge in [0, 0.05) is 33.3 Å². The van der Waals surface area contributed by atoms with Gasteiger partial charge in [-0.1, -0.05) is 163 Å². The number of hydrogen-bond acceptors (Lipinski definition) is 1. The summed E-state index contributed by atoms with van der Waals surface area (Å²) in [6.07, 6.45) is 0. The number of nitrogens with zero attached hydrogens (tertiary/aromatic N) is 1. The third kappa shape index (κ3) is 3.01. The molecule has 0 N–H and O–H groups in total. The molecule has 3 heterocycles. The molecule has 0 amide bonds. The van der Waals surface area contributed by atoms with Gasteiger partial charge in [-0.3, -0.25) is 0 Å². The van der Waals surface area contributed by atoms with Crippen LogP contribution in [0.1, 0.15) is 0 Å². The van der Waals surface area contributed by atoms with Crippen molar-refractivity contribution in [3.05, 3.63) is 158 Å². The van der Waals surface area contributed by atoms with Gasteiger partial charge in [-0.15, -0.1) is 0 Å². The van der Waals surface area contributed by atoms with E-state index in [2.05, 4.69) is 163 Å². The molecule has 0 spiro atoms. The average molecular weight is 580 g/mol. The highest BCUT2D eigenvalue weighted by atomic mass is 15.2. The van der Waals surface area contributed by atoms with Crippen LogP contribution < -0.4 is 21.3 Å². The van der Waals surface area contributed by atoms with Gasteiger partial charge in [-0.05, 0) is 55.1 Å². The molecule has 3 aliphatic heterocycles. The maximum Gasteiger partial charge on any atom is 0.248 e. The first kappa shape index (κ1) is 24.5. The SMILES string of the molecule is c1ccc(-c2cccc(-c3ccccc3)c2B2c3ccc4cccc5c4c3N3c4c-5cccc4-c4cccc5ccc2c3c45)cc1. The van der Waals surface area contributed by atoms with E-state index in [1.54, 1.807) is 0 Å². The smallest absolute Gasteiger partial charge is 0.248 e. The monoisotopic (exact) mass is 579 g/mol. The van der Waals surface area contributed by atoms with Gasteiger partial charge >= 0.3 is 0 Å². The Balaban J connectivity index is 1.36. The Morgan fingerprint density at radius 3 is 1.26 bits per heavy atom. The fourth-order valence-electron chi connectivity index (χ4n) is 8.80. The summed E-state index contributed by atoms with van der Waals surface area (Å²) in [5, 5.41) is 5.30. The molecule has 0 fully saturated rings. The van der Waals surface area contributed by atoms with E-state index in [1.807, 2.05) is 0 Å². The molecule has 0 saturated carbocycles. The van der Waals surface area contributed by atoms with Gasteiger partial charge in [0.25, 0.3) is 0 Å². The third-order valence-corrected chi connectivity index (χ3v) is 10.6. The van der Waals surface area contributed by atoms with Gasteiger partial charge in [-0.2, -0.15) is 0 Å². The van der Waals surface area contributed by atoms with Crippen molar-refractivity contribution >= 4 is 61.7 Å². The van der Waals surface area contributed by atoms with Gasteiger partial charge < -0.3 is 4.90 Å². The Hall–Kier alpha value is -5.86. The van der Waals surface area contributed by atoms with Gasteiger partial charge in [0.2, 0.25) is 6.71 Å². The van der Waals surface area contributed by atoms with Crippen molar-refractivity contribution in [2.45, 2.75) is 0 Å². The van der Waals surface area contributed by atoms with Crippen molar-refractivity contribution in [2.24, 2.45) is 0 Å². The van der Waals surface area contributed by atoms with E-state index in [1.165, 1.54) is 99.5 Å². The summed E-state index contributed by atoms with van der Waals surface area (Å²) < 4.78 is 0. The lowest BCUT2D eigenvalue weighted by atomic mass is 9.33. The van der Waals surface area contributed by atoms with Crippen LogP contribution in [0.3, 0.4) is 0 Å². The van der Waals surface area contributed by atoms with Gasteiger partial charge in [0.15, 0.2) is 0 Å². The Bertz CT molecular complexity index is 2410. The summed E-state index contributed by atoms with van der Waals surface area (Å²) in [4.78, 5) is 2.64. The van der Waals surface area contributed by atoms with Crippen molar-refractivity contribution in [1.29, 1.82) is 0 Å². The largest absolute Gasteiger partial charge is 0.309 e. The minimum atomic E-state index is 0.0367. The molecule has 3 aliphatic rings. The fraction of sp³-hybridized carbons (Fsp3) is 0. The first-order valence-corrected chi connectivity index (χ1v) is 16.2. The Morgan fingerprint density at radius 1 is 0.326 bits per heavy atom. The molecule has 0 saturated heterocycles. The van der Waals surface area contributed by atoms with Crippen LogP contribution in [0.15, 0.2) is 158 Å². The summed E-state index contributed by atoms with van der Waals surface area (Å²) >= 11 is 0. The van der Waals surface area contributed by atoms with Crippen molar-refractivity contribution < 1.29 is 0 Å². The lowest BCUT2D eigenvalue weighted by molar-refractivity contribution is 1.29. The molecule has 0 radical (unpaired) electrons. The van der Waals surface area contributed by atoms with Crippen LogP contribution >= 0.6 is 0 Å². The number of anilines is 3. The number of benzene rings is 8. The summed E-state index contributed by atoms with van der Waals surface area (Å²) in [6.45, 7) is 0.0367. The Labute approximate surface area is 268 Å². The normalized spacial score (nSPS) is 13.1. The number of hydrogen-bond donors (Lipinski definition) is 0. The quantitative estimate of drug-likeness (QED) is 0.189. The molecule has 0 unspecified atom stereocenters. The van der Waals surface area contributed by atoms with Gasteiger partial charge in [0.1, 0.15) is 0 Å². The van der Waals surface area contributed by atoms with E-state index >= 15 is 0 Å². The minimum absolute atomic E-state index is 0.0367. The van der Waals surface area contributed by atoms with E-state index in [0.29, 0.717) is 0 Å². The zero-order valence-corrected chi connectivity index (χ0v) is 25.0. The zero-order valence-electron chi connectivity index (χ0n) is 25.0. The maximum atomic E-state index is 2.64. The molecular weight excluding hydrogens is 553 g/mol. The van der Waals surface area contributed by atoms with Crippen LogP contribution in [0, 0.1) is 0 Å². The topological polar surface area (TPSA) is 3.24 Å². The van der Waals surface area contributed by atoms with Crippen LogP contribution in [-0.2, 0) is 0 Å². The lowest BCUT2D eigenvalue weighted by Gasteiger charge is -2.45. The van der Waals surface area contributed by atoms with Crippen LogP contribution in [0.25, 0.3) is 66.1 Å². The lowest BCUT2D eigenvalue weighted by Crippen LogP contribution is -2.59. The van der Waals surface area contributed by atoms with E-state index in [9.17, 15) is 0 Å². The summed E-state index contributed by atoms with van der Waals surface area (Å²) in [6, 6.07) is 58.9. The highest BCUT2D eigenvalue weighted by molar-refractivity contribution is 7.00. The molecular formula is C44H26BN. The zero-order chi connectivity index (χ0) is 29.9. The Kier molecular flexibility index (Phi) is 4.72. The van der Waals surface area contributed by atoms with Gasteiger partial charge in [0.05, 0.1) is 5.69 Å². The number of rotatable bonds is 3. The Morgan fingerprint density at radius 2 is 0.761 bits per heavy atom. The van der Waals surface area contributed by atoms with E-state index in [-0.39, 0.29) is 6.71 Å². The summed E-state index contributed by atoms with van der Waals surface area (Å²) in [5.41, 5.74) is 18.5. The summed E-state index contributed by atoms with van der Waals surface area (Å²) in [5.74, 6) is 0. The second-order valence-electron chi connectivity index (χ2n) is 12.8. The molecule has 0 atom stereocenters. The first-order chi connectivity index (χ1) is 22.9. The minimum Gasteiger partial charge on any atom is -0.309 e. The van der Waals surface area contributed by atoms with Crippen LogP contribution in [0.2, 0.25) is 0 Å². The standard InChI is InChI=1S/C44H26BN/c1-3-11-27(12-4-1)31-17-9-18-32(28-13-5-2-6-14-28)41(31)45-37-25-23-29-15-7-19-33-35-21-10-22-36-34-20-8-16-30-24-26-38(45)44(40(30)34)46(42(35)36)43(37)39(29)33/h1-26H. The van der Waals surface area contributed by atoms with E-state index in [0.717, 1.165) is 0 Å². The van der Waals surface area contributed by atoms with E-state index < -0.39 is 0 Å². The average Bonchev–Trinajstić information content (AvgIpc) is 3.13. The van der Waals surface area contributed by atoms with E-state index in [4.69, 9.17) is 0 Å². The van der Waals surface area contributed by atoms with Crippen molar-refractivity contribution in [3.8, 4) is 44.5 Å². The summed E-state index contributed by atoms with van der Waals surface area (Å²) in [7, 11) is 0. The molecule has 46 heavy (non-hydrogen) atoms.